The van der Waals surface area contributed by atoms with E-state index in [1.165, 1.54) is 26.5 Å². The largest absolute Gasteiger partial charge is 0.468 e. The highest BCUT2D eigenvalue weighted by molar-refractivity contribution is 5.79. The van der Waals surface area contributed by atoms with Gasteiger partial charge in [0.25, 0.3) is 0 Å². The van der Waals surface area contributed by atoms with Crippen molar-refractivity contribution in [2.24, 2.45) is 5.73 Å². The van der Waals surface area contributed by atoms with Crippen LogP contribution in [0.15, 0.2) is 0 Å². The van der Waals surface area contributed by atoms with Crippen LogP contribution in [0.2, 0.25) is 0 Å². The Balaban J connectivity index is 1.78. The molecular weight excluding hydrogens is 230 g/mol. The summed E-state index contributed by atoms with van der Waals surface area (Å²) in [6, 6.07) is 0.723. The van der Waals surface area contributed by atoms with E-state index in [4.69, 9.17) is 10.5 Å². The molecule has 2 unspecified atom stereocenters. The number of esters is 1. The van der Waals surface area contributed by atoms with Crippen molar-refractivity contribution in [3.8, 4) is 0 Å². The van der Waals surface area contributed by atoms with Crippen molar-refractivity contribution in [2.45, 2.75) is 37.8 Å². The molecule has 2 aliphatic rings. The topological polar surface area (TPSA) is 58.8 Å². The highest BCUT2D eigenvalue weighted by Crippen LogP contribution is 2.22. The van der Waals surface area contributed by atoms with Crippen molar-refractivity contribution >= 4 is 5.97 Å². The van der Waals surface area contributed by atoms with Gasteiger partial charge in [0.05, 0.1) is 7.11 Å². The predicted octanol–water partition coefficient (Wildman–Crippen LogP) is 0.0469. The summed E-state index contributed by atoms with van der Waals surface area (Å²) in [6.07, 6.45) is 3.30. The molecule has 0 aliphatic carbocycles. The maximum atomic E-state index is 11.5. The molecule has 2 aliphatic heterocycles. The Bertz CT molecular complexity index is 307. The van der Waals surface area contributed by atoms with Gasteiger partial charge in [0.2, 0.25) is 0 Å². The van der Waals surface area contributed by atoms with E-state index in [1.54, 1.807) is 6.92 Å². The first-order chi connectivity index (χ1) is 8.53. The lowest BCUT2D eigenvalue weighted by Crippen LogP contribution is -2.53. The van der Waals surface area contributed by atoms with Crippen molar-refractivity contribution in [1.82, 2.24) is 9.80 Å². The number of nitrogens with two attached hydrogens (primary N) is 1. The first-order valence-electron chi connectivity index (χ1n) is 6.86. The first kappa shape index (κ1) is 13.8. The summed E-state index contributed by atoms with van der Waals surface area (Å²) in [6.45, 7) is 7.27. The van der Waals surface area contributed by atoms with Crippen LogP contribution < -0.4 is 5.73 Å². The second-order valence-corrected chi connectivity index (χ2v) is 5.79. The molecule has 2 fully saturated rings. The maximum Gasteiger partial charge on any atom is 0.325 e. The number of hydrogen-bond acceptors (Lipinski definition) is 5. The number of carbonyl (C=O) groups is 1. The lowest BCUT2D eigenvalue weighted by atomic mass is 9.99. The fourth-order valence-electron chi connectivity index (χ4n) is 2.98. The number of hydrogen-bond donors (Lipinski definition) is 1. The van der Waals surface area contributed by atoms with Crippen LogP contribution in [0, 0.1) is 0 Å². The molecule has 0 saturated carbocycles. The van der Waals surface area contributed by atoms with E-state index < -0.39 is 5.54 Å². The molecule has 5 heteroatoms. The highest BCUT2D eigenvalue weighted by atomic mass is 16.5. The summed E-state index contributed by atoms with van der Waals surface area (Å²) < 4.78 is 4.73. The van der Waals surface area contributed by atoms with Crippen LogP contribution in [0.5, 0.6) is 0 Å². The van der Waals surface area contributed by atoms with Gasteiger partial charge >= 0.3 is 5.97 Å². The molecule has 104 valence electrons. The number of ether oxygens (including phenoxy) is 1. The molecule has 5 nitrogen and oxygen atoms in total. The van der Waals surface area contributed by atoms with Gasteiger partial charge in [0.15, 0.2) is 0 Å². The molecule has 0 amide bonds. The molecule has 0 aromatic heterocycles. The van der Waals surface area contributed by atoms with Gasteiger partial charge < -0.3 is 15.4 Å². The summed E-state index contributed by atoms with van der Waals surface area (Å²) in [5.74, 6) is -0.318. The molecular formula is C13H25N3O2. The van der Waals surface area contributed by atoms with Crippen LogP contribution in [0.4, 0.5) is 0 Å². The second-order valence-electron chi connectivity index (χ2n) is 5.79. The quantitative estimate of drug-likeness (QED) is 0.719. The number of piperazine rings is 1. The van der Waals surface area contributed by atoms with Gasteiger partial charge in [-0.3, -0.25) is 9.69 Å². The smallest absolute Gasteiger partial charge is 0.325 e. The zero-order chi connectivity index (χ0) is 13.2. The third-order valence-electron chi connectivity index (χ3n) is 4.27. The third kappa shape index (κ3) is 3.02. The van der Waals surface area contributed by atoms with E-state index in [0.717, 1.165) is 32.2 Å². The Labute approximate surface area is 109 Å². The Morgan fingerprint density at radius 3 is 2.94 bits per heavy atom. The van der Waals surface area contributed by atoms with Crippen LogP contribution in [0.1, 0.15) is 26.2 Å². The molecule has 0 aromatic rings. The summed E-state index contributed by atoms with van der Waals surface area (Å²) in [5.41, 5.74) is 5.12. The van der Waals surface area contributed by atoms with E-state index in [9.17, 15) is 4.79 Å². The molecule has 0 radical (unpaired) electrons. The zero-order valence-electron chi connectivity index (χ0n) is 11.5. The Morgan fingerprint density at radius 2 is 2.22 bits per heavy atom. The van der Waals surface area contributed by atoms with E-state index in [0.29, 0.717) is 6.42 Å². The average Bonchev–Trinajstić information content (AvgIpc) is 2.82. The number of rotatable bonds is 4. The maximum absolute atomic E-state index is 11.5. The Kier molecular flexibility index (Phi) is 4.25. The van der Waals surface area contributed by atoms with Crippen LogP contribution in [0.3, 0.4) is 0 Å². The molecule has 2 heterocycles. The average molecular weight is 255 g/mol. The van der Waals surface area contributed by atoms with Crippen molar-refractivity contribution in [3.63, 3.8) is 0 Å². The third-order valence-corrected chi connectivity index (χ3v) is 4.27. The van der Waals surface area contributed by atoms with Crippen LogP contribution in [0.25, 0.3) is 0 Å². The minimum atomic E-state index is -0.860. The van der Waals surface area contributed by atoms with Crippen molar-refractivity contribution in [3.05, 3.63) is 0 Å². The van der Waals surface area contributed by atoms with Crippen molar-refractivity contribution < 1.29 is 9.53 Å². The Hall–Kier alpha value is -0.650. The summed E-state index contributed by atoms with van der Waals surface area (Å²) in [5, 5.41) is 0. The molecule has 2 N–H and O–H groups in total. The molecule has 0 aromatic carbocycles. The van der Waals surface area contributed by atoms with Gasteiger partial charge in [0, 0.05) is 32.2 Å². The SMILES string of the molecule is COC(=O)C(C)(N)CCN1CCN2CCCC2C1. The zero-order valence-corrected chi connectivity index (χ0v) is 11.5. The van der Waals surface area contributed by atoms with E-state index >= 15 is 0 Å². The molecule has 2 saturated heterocycles. The number of methoxy groups -OCH3 is 1. The Morgan fingerprint density at radius 1 is 1.44 bits per heavy atom. The molecule has 2 rings (SSSR count). The van der Waals surface area contributed by atoms with E-state index in [-0.39, 0.29) is 5.97 Å². The summed E-state index contributed by atoms with van der Waals surface area (Å²) in [4.78, 5) is 16.5. The van der Waals surface area contributed by atoms with Crippen molar-refractivity contribution in [2.75, 3.05) is 39.8 Å². The summed E-state index contributed by atoms with van der Waals surface area (Å²) in [7, 11) is 1.39. The van der Waals surface area contributed by atoms with Crippen LogP contribution in [-0.2, 0) is 9.53 Å². The molecule has 18 heavy (non-hydrogen) atoms. The van der Waals surface area contributed by atoms with E-state index in [2.05, 4.69) is 9.80 Å². The highest BCUT2D eigenvalue weighted by Gasteiger charge is 2.33. The lowest BCUT2D eigenvalue weighted by molar-refractivity contribution is -0.146. The number of carbonyl (C=O) groups excluding carboxylic acids is 1. The summed E-state index contributed by atoms with van der Waals surface area (Å²) >= 11 is 0. The second kappa shape index (κ2) is 5.55. The fraction of sp³-hybridized carbons (Fsp3) is 0.923. The molecule has 2 atom stereocenters. The van der Waals surface area contributed by atoms with Gasteiger partial charge in [-0.05, 0) is 32.7 Å². The number of fused-ring (bicyclic) bond motifs is 1. The fourth-order valence-corrected chi connectivity index (χ4v) is 2.98. The minimum Gasteiger partial charge on any atom is -0.468 e. The van der Waals surface area contributed by atoms with Gasteiger partial charge in [-0.1, -0.05) is 0 Å². The predicted molar refractivity (Wildman–Crippen MR) is 70.3 cm³/mol. The lowest BCUT2D eigenvalue weighted by Gasteiger charge is -2.38. The molecule has 0 spiro atoms. The minimum absolute atomic E-state index is 0.318. The van der Waals surface area contributed by atoms with Gasteiger partial charge in [-0.25, -0.2) is 0 Å². The molecule has 0 bridgehead atoms. The first-order valence-corrected chi connectivity index (χ1v) is 6.86. The normalized spacial score (nSPS) is 28.7. The van der Waals surface area contributed by atoms with E-state index in [1.807, 2.05) is 0 Å². The van der Waals surface area contributed by atoms with Gasteiger partial charge in [0.1, 0.15) is 5.54 Å². The van der Waals surface area contributed by atoms with Crippen molar-refractivity contribution in [1.29, 1.82) is 0 Å². The monoisotopic (exact) mass is 255 g/mol. The van der Waals surface area contributed by atoms with Crippen LogP contribution >= 0.6 is 0 Å². The van der Waals surface area contributed by atoms with Crippen LogP contribution in [-0.4, -0.2) is 67.2 Å². The standard InChI is InChI=1S/C13H25N3O2/c1-13(14,12(17)18-2)5-7-15-8-9-16-6-3-4-11(16)10-15/h11H,3-10,14H2,1-2H3. The van der Waals surface area contributed by atoms with Gasteiger partial charge in [-0.15, -0.1) is 0 Å². The number of nitrogens with zero attached hydrogens (tertiary/aromatic N) is 2. The van der Waals surface area contributed by atoms with Gasteiger partial charge in [-0.2, -0.15) is 0 Å².